The van der Waals surface area contributed by atoms with Crippen molar-refractivity contribution in [3.8, 4) is 11.5 Å². The van der Waals surface area contributed by atoms with E-state index in [1.165, 1.54) is 0 Å². The lowest BCUT2D eigenvalue weighted by atomic mass is 9.73. The van der Waals surface area contributed by atoms with E-state index in [2.05, 4.69) is 0 Å². The van der Waals surface area contributed by atoms with Gasteiger partial charge in [-0.25, -0.2) is 0 Å². The number of hydrogen-bond donors (Lipinski definition) is 2. The number of aliphatic hydroxyl groups excluding tert-OH is 1. The van der Waals surface area contributed by atoms with Gasteiger partial charge in [0.25, 0.3) is 0 Å². The predicted molar refractivity (Wildman–Crippen MR) is 67.1 cm³/mol. The lowest BCUT2D eigenvalue weighted by Gasteiger charge is -2.45. The van der Waals surface area contributed by atoms with Gasteiger partial charge in [0, 0.05) is 12.6 Å². The van der Waals surface area contributed by atoms with Crippen molar-refractivity contribution in [2.24, 2.45) is 5.73 Å². The minimum atomic E-state index is -0.636. The minimum absolute atomic E-state index is 0.197. The summed E-state index contributed by atoms with van der Waals surface area (Å²) in [5.41, 5.74) is 6.06. The zero-order valence-corrected chi connectivity index (χ0v) is 10.7. The highest BCUT2D eigenvalue weighted by molar-refractivity contribution is 5.43. The maximum atomic E-state index is 10.1. The number of benzene rings is 1. The van der Waals surface area contributed by atoms with Gasteiger partial charge in [0.1, 0.15) is 11.5 Å². The van der Waals surface area contributed by atoms with Crippen LogP contribution in [0.4, 0.5) is 0 Å². The lowest BCUT2D eigenvalue weighted by Crippen LogP contribution is -2.57. The first-order valence-corrected chi connectivity index (χ1v) is 5.85. The molecule has 1 aromatic carbocycles. The topological polar surface area (TPSA) is 73.9 Å². The van der Waals surface area contributed by atoms with E-state index < -0.39 is 11.5 Å². The lowest BCUT2D eigenvalue weighted by molar-refractivity contribution is -0.116. The smallest absolute Gasteiger partial charge is 0.122 e. The van der Waals surface area contributed by atoms with Crippen molar-refractivity contribution in [1.82, 2.24) is 0 Å². The van der Waals surface area contributed by atoms with Crippen molar-refractivity contribution in [3.05, 3.63) is 23.8 Å². The molecule has 2 rings (SSSR count). The molecule has 1 fully saturated rings. The molecule has 1 aliphatic heterocycles. The molecule has 18 heavy (non-hydrogen) atoms. The van der Waals surface area contributed by atoms with Gasteiger partial charge < -0.3 is 25.1 Å². The molecule has 0 aromatic heterocycles. The Kier molecular flexibility index (Phi) is 3.75. The van der Waals surface area contributed by atoms with Crippen molar-refractivity contribution < 1.29 is 19.3 Å². The van der Waals surface area contributed by atoms with Crippen molar-refractivity contribution in [1.29, 1.82) is 0 Å². The molecule has 1 aliphatic rings. The molecular formula is C13H19NO4. The fourth-order valence-electron chi connectivity index (χ4n) is 2.19. The van der Waals surface area contributed by atoms with Gasteiger partial charge in [-0.2, -0.15) is 0 Å². The molecule has 1 saturated heterocycles. The summed E-state index contributed by atoms with van der Waals surface area (Å²) in [5, 5.41) is 10.1. The maximum absolute atomic E-state index is 10.1. The Morgan fingerprint density at radius 1 is 1.28 bits per heavy atom. The molecule has 5 nitrogen and oxygen atoms in total. The predicted octanol–water partition coefficient (Wildman–Crippen LogP) is 0.291. The third-order valence-corrected chi connectivity index (χ3v) is 3.51. The van der Waals surface area contributed by atoms with Crippen LogP contribution in [0.2, 0.25) is 0 Å². The van der Waals surface area contributed by atoms with Gasteiger partial charge in [-0.15, -0.1) is 0 Å². The number of nitrogens with two attached hydrogens (primary N) is 1. The molecule has 0 bridgehead atoms. The van der Waals surface area contributed by atoms with Gasteiger partial charge in [-0.3, -0.25) is 0 Å². The molecular weight excluding hydrogens is 234 g/mol. The number of methoxy groups -OCH3 is 2. The highest BCUT2D eigenvalue weighted by atomic mass is 16.5. The quantitative estimate of drug-likeness (QED) is 0.789. The first kappa shape index (κ1) is 13.1. The van der Waals surface area contributed by atoms with Crippen molar-refractivity contribution in [3.63, 3.8) is 0 Å². The summed E-state index contributed by atoms with van der Waals surface area (Å²) in [7, 11) is 3.20. The van der Waals surface area contributed by atoms with Crippen LogP contribution in [0.15, 0.2) is 18.2 Å². The zero-order chi connectivity index (χ0) is 13.2. The Hall–Kier alpha value is -1.30. The molecule has 0 radical (unpaired) electrons. The first-order chi connectivity index (χ1) is 8.66. The molecule has 0 aliphatic carbocycles. The second kappa shape index (κ2) is 5.14. The van der Waals surface area contributed by atoms with Crippen LogP contribution in [0.25, 0.3) is 0 Å². The average molecular weight is 253 g/mol. The second-order valence-electron chi connectivity index (χ2n) is 4.50. The summed E-state index contributed by atoms with van der Waals surface area (Å²) in [5.74, 6) is 1.39. The highest BCUT2D eigenvalue weighted by Crippen LogP contribution is 2.39. The Balaban J connectivity index is 2.41. The molecule has 1 aromatic rings. The van der Waals surface area contributed by atoms with Crippen molar-refractivity contribution >= 4 is 0 Å². The maximum Gasteiger partial charge on any atom is 0.122 e. The van der Waals surface area contributed by atoms with E-state index >= 15 is 0 Å². The van der Waals surface area contributed by atoms with Crippen molar-refractivity contribution in [2.45, 2.75) is 11.5 Å². The Labute approximate surface area is 106 Å². The number of aliphatic hydroxyl groups is 1. The Morgan fingerprint density at radius 3 is 2.17 bits per heavy atom. The summed E-state index contributed by atoms with van der Waals surface area (Å²) < 4.78 is 15.7. The summed E-state index contributed by atoms with van der Waals surface area (Å²) in [6.07, 6.45) is -0.636. The van der Waals surface area contributed by atoms with Crippen LogP contribution < -0.4 is 15.2 Å². The summed E-state index contributed by atoms with van der Waals surface area (Å²) in [6.45, 7) is 1.12. The molecule has 0 spiro atoms. The minimum Gasteiger partial charge on any atom is -0.497 e. The van der Waals surface area contributed by atoms with Gasteiger partial charge in [0.05, 0.1) is 39.0 Å². The standard InChI is InChI=1S/C13H19NO4/c1-16-10-3-9(4-11(5-10)17-2)13(7-18-8-13)12(15)6-14/h3-5,12,15H,6-8,14H2,1-2H3. The van der Waals surface area contributed by atoms with Gasteiger partial charge in [0.2, 0.25) is 0 Å². The molecule has 0 amide bonds. The fraction of sp³-hybridized carbons (Fsp3) is 0.538. The van der Waals surface area contributed by atoms with E-state index in [-0.39, 0.29) is 6.54 Å². The van der Waals surface area contributed by atoms with E-state index in [9.17, 15) is 5.11 Å². The normalized spacial score (nSPS) is 18.9. The van der Waals surface area contributed by atoms with Gasteiger partial charge >= 0.3 is 0 Å². The van der Waals surface area contributed by atoms with Gasteiger partial charge in [-0.05, 0) is 17.7 Å². The molecule has 3 N–H and O–H groups in total. The third kappa shape index (κ3) is 2.05. The van der Waals surface area contributed by atoms with Gasteiger partial charge in [0.15, 0.2) is 0 Å². The third-order valence-electron chi connectivity index (χ3n) is 3.51. The van der Waals surface area contributed by atoms with Crippen LogP contribution >= 0.6 is 0 Å². The monoisotopic (exact) mass is 253 g/mol. The molecule has 1 atom stereocenters. The van der Waals surface area contributed by atoms with Gasteiger partial charge in [-0.1, -0.05) is 0 Å². The number of rotatable bonds is 5. The van der Waals surface area contributed by atoms with E-state index in [1.807, 2.05) is 12.1 Å². The van der Waals surface area contributed by atoms with Crippen LogP contribution in [-0.2, 0) is 10.2 Å². The average Bonchev–Trinajstić information content (AvgIpc) is 2.36. The Bertz CT molecular complexity index is 395. The molecule has 0 saturated carbocycles. The second-order valence-corrected chi connectivity index (χ2v) is 4.50. The van der Waals surface area contributed by atoms with Crippen LogP contribution in [0.3, 0.4) is 0 Å². The van der Waals surface area contributed by atoms with E-state index in [0.29, 0.717) is 24.7 Å². The first-order valence-electron chi connectivity index (χ1n) is 5.85. The van der Waals surface area contributed by atoms with Crippen LogP contribution in [0.5, 0.6) is 11.5 Å². The van der Waals surface area contributed by atoms with E-state index in [4.69, 9.17) is 19.9 Å². The summed E-state index contributed by atoms with van der Waals surface area (Å²) in [4.78, 5) is 0. The summed E-state index contributed by atoms with van der Waals surface area (Å²) >= 11 is 0. The summed E-state index contributed by atoms with van der Waals surface area (Å²) in [6, 6.07) is 5.58. The largest absolute Gasteiger partial charge is 0.497 e. The van der Waals surface area contributed by atoms with E-state index in [0.717, 1.165) is 5.56 Å². The zero-order valence-electron chi connectivity index (χ0n) is 10.7. The van der Waals surface area contributed by atoms with Crippen LogP contribution in [-0.4, -0.2) is 45.2 Å². The number of hydrogen-bond acceptors (Lipinski definition) is 5. The van der Waals surface area contributed by atoms with Crippen LogP contribution in [0, 0.1) is 0 Å². The SMILES string of the molecule is COc1cc(OC)cc(C2(C(O)CN)COC2)c1. The van der Waals surface area contributed by atoms with Crippen LogP contribution in [0.1, 0.15) is 5.56 Å². The number of ether oxygens (including phenoxy) is 3. The van der Waals surface area contributed by atoms with Crippen molar-refractivity contribution in [2.75, 3.05) is 34.0 Å². The van der Waals surface area contributed by atoms with E-state index in [1.54, 1.807) is 20.3 Å². The molecule has 1 unspecified atom stereocenters. The Morgan fingerprint density at radius 2 is 1.83 bits per heavy atom. The molecule has 1 heterocycles. The highest BCUT2D eigenvalue weighted by Gasteiger charge is 2.46. The molecule has 5 heteroatoms. The fourth-order valence-corrected chi connectivity index (χ4v) is 2.19. The molecule has 100 valence electrons.